The lowest BCUT2D eigenvalue weighted by atomic mass is 10.1. The molecule has 112 valence electrons. The molecule has 0 saturated heterocycles. The molecule has 1 N–H and O–H groups in total. The third kappa shape index (κ3) is 4.66. The summed E-state index contributed by atoms with van der Waals surface area (Å²) < 4.78 is 0. The zero-order valence-electron chi connectivity index (χ0n) is 13.3. The Balaban J connectivity index is 2.09. The van der Waals surface area contributed by atoms with Gasteiger partial charge in [-0.25, -0.2) is 0 Å². The Kier molecular flexibility index (Phi) is 5.90. The molecule has 1 aromatic heterocycles. The molecule has 0 aliphatic heterocycles. The zero-order chi connectivity index (χ0) is 15.1. The quantitative estimate of drug-likeness (QED) is 0.846. The van der Waals surface area contributed by atoms with Crippen LogP contribution in [0, 0.1) is 6.92 Å². The minimum atomic E-state index is 0.895. The number of nitrogens with one attached hydrogen (secondary N) is 1. The number of aromatic nitrogens is 1. The van der Waals surface area contributed by atoms with Crippen molar-refractivity contribution in [3.8, 4) is 0 Å². The normalized spacial score (nSPS) is 11.0. The summed E-state index contributed by atoms with van der Waals surface area (Å²) in [6, 6.07) is 14.9. The molecule has 0 fully saturated rings. The molecular formula is C18H25N3. The predicted octanol–water partition coefficient (Wildman–Crippen LogP) is 3.13. The largest absolute Gasteiger partial charge is 0.316 e. The molecule has 1 aromatic carbocycles. The molecular weight excluding hydrogens is 258 g/mol. The molecule has 0 spiro atoms. The van der Waals surface area contributed by atoms with Gasteiger partial charge in [0, 0.05) is 25.3 Å². The maximum Gasteiger partial charge on any atom is 0.0547 e. The Morgan fingerprint density at radius 3 is 2.43 bits per heavy atom. The summed E-state index contributed by atoms with van der Waals surface area (Å²) in [4.78, 5) is 7.03. The van der Waals surface area contributed by atoms with Crippen molar-refractivity contribution in [2.75, 3.05) is 13.6 Å². The second kappa shape index (κ2) is 7.91. The van der Waals surface area contributed by atoms with Crippen LogP contribution >= 0.6 is 0 Å². The number of aryl methyl sites for hydroxylation is 1. The van der Waals surface area contributed by atoms with E-state index in [0.29, 0.717) is 0 Å². The van der Waals surface area contributed by atoms with E-state index < -0.39 is 0 Å². The molecule has 0 atom stereocenters. The Labute approximate surface area is 128 Å². The smallest absolute Gasteiger partial charge is 0.0547 e. The highest BCUT2D eigenvalue weighted by Gasteiger charge is 2.08. The van der Waals surface area contributed by atoms with Crippen molar-refractivity contribution in [2.24, 2.45) is 0 Å². The molecule has 2 rings (SSSR count). The third-order valence-corrected chi connectivity index (χ3v) is 3.66. The van der Waals surface area contributed by atoms with Gasteiger partial charge in [-0.2, -0.15) is 0 Å². The topological polar surface area (TPSA) is 28.2 Å². The predicted molar refractivity (Wildman–Crippen MR) is 88.0 cm³/mol. The number of hydrogen-bond acceptors (Lipinski definition) is 3. The van der Waals surface area contributed by atoms with Crippen LogP contribution in [0.15, 0.2) is 42.5 Å². The highest BCUT2D eigenvalue weighted by Crippen LogP contribution is 2.13. The average Bonchev–Trinajstić information content (AvgIpc) is 2.49. The summed E-state index contributed by atoms with van der Waals surface area (Å²) in [5.41, 5.74) is 4.99. The number of pyridine rings is 1. The van der Waals surface area contributed by atoms with Crippen LogP contribution in [0.4, 0.5) is 0 Å². The number of hydrogen-bond donors (Lipinski definition) is 1. The standard InChI is InChI=1S/C18H25N3/c1-4-21(14-18-11-7-8-15(2)20-18)13-17-10-6-5-9-16(17)12-19-3/h5-11,19H,4,12-14H2,1-3H3. The molecule has 0 radical (unpaired) electrons. The van der Waals surface area contributed by atoms with E-state index >= 15 is 0 Å². The van der Waals surface area contributed by atoms with Crippen molar-refractivity contribution in [3.05, 3.63) is 65.0 Å². The van der Waals surface area contributed by atoms with E-state index in [0.717, 1.165) is 37.6 Å². The maximum atomic E-state index is 4.61. The monoisotopic (exact) mass is 283 g/mol. The first-order valence-corrected chi connectivity index (χ1v) is 7.59. The van der Waals surface area contributed by atoms with Gasteiger partial charge in [0.1, 0.15) is 0 Å². The van der Waals surface area contributed by atoms with Crippen molar-refractivity contribution in [3.63, 3.8) is 0 Å². The van der Waals surface area contributed by atoms with E-state index in [2.05, 4.69) is 58.5 Å². The van der Waals surface area contributed by atoms with E-state index in [4.69, 9.17) is 0 Å². The van der Waals surface area contributed by atoms with Gasteiger partial charge in [-0.3, -0.25) is 9.88 Å². The molecule has 0 bridgehead atoms. The average molecular weight is 283 g/mol. The summed E-state index contributed by atoms with van der Waals surface area (Å²) in [5, 5.41) is 3.24. The molecule has 0 amide bonds. The van der Waals surface area contributed by atoms with Gasteiger partial charge in [0.05, 0.1) is 5.69 Å². The van der Waals surface area contributed by atoms with Gasteiger partial charge < -0.3 is 5.32 Å². The van der Waals surface area contributed by atoms with Crippen LogP contribution in [-0.4, -0.2) is 23.5 Å². The lowest BCUT2D eigenvalue weighted by molar-refractivity contribution is 0.267. The zero-order valence-corrected chi connectivity index (χ0v) is 13.3. The van der Waals surface area contributed by atoms with Crippen LogP contribution in [0.2, 0.25) is 0 Å². The van der Waals surface area contributed by atoms with Crippen molar-refractivity contribution in [1.82, 2.24) is 15.2 Å². The van der Waals surface area contributed by atoms with E-state index in [1.165, 1.54) is 11.1 Å². The fourth-order valence-electron chi connectivity index (χ4n) is 2.51. The molecule has 2 aromatic rings. The second-order valence-electron chi connectivity index (χ2n) is 5.37. The first-order valence-electron chi connectivity index (χ1n) is 7.59. The molecule has 0 aliphatic carbocycles. The van der Waals surface area contributed by atoms with Gasteiger partial charge in [0.15, 0.2) is 0 Å². The van der Waals surface area contributed by atoms with Gasteiger partial charge in [-0.1, -0.05) is 37.3 Å². The lowest BCUT2D eigenvalue weighted by Crippen LogP contribution is -2.24. The number of rotatable bonds is 7. The molecule has 0 aliphatic rings. The number of nitrogens with zero attached hydrogens (tertiary/aromatic N) is 2. The fraction of sp³-hybridized carbons (Fsp3) is 0.389. The van der Waals surface area contributed by atoms with Crippen LogP contribution in [0.1, 0.15) is 29.4 Å². The van der Waals surface area contributed by atoms with E-state index in [-0.39, 0.29) is 0 Å². The lowest BCUT2D eigenvalue weighted by Gasteiger charge is -2.22. The van der Waals surface area contributed by atoms with Crippen LogP contribution < -0.4 is 5.32 Å². The molecule has 0 unspecified atom stereocenters. The van der Waals surface area contributed by atoms with Gasteiger partial charge >= 0.3 is 0 Å². The highest BCUT2D eigenvalue weighted by molar-refractivity contribution is 5.27. The van der Waals surface area contributed by atoms with E-state index in [9.17, 15) is 0 Å². The van der Waals surface area contributed by atoms with Gasteiger partial charge in [-0.15, -0.1) is 0 Å². The SMILES string of the molecule is CCN(Cc1cccc(C)n1)Cc1ccccc1CNC. The minimum Gasteiger partial charge on any atom is -0.316 e. The van der Waals surface area contributed by atoms with Gasteiger partial charge in [0.2, 0.25) is 0 Å². The van der Waals surface area contributed by atoms with Crippen LogP contribution in [0.3, 0.4) is 0 Å². The minimum absolute atomic E-state index is 0.895. The van der Waals surface area contributed by atoms with Crippen LogP contribution in [-0.2, 0) is 19.6 Å². The summed E-state index contributed by atoms with van der Waals surface area (Å²) in [5.74, 6) is 0. The second-order valence-corrected chi connectivity index (χ2v) is 5.37. The first kappa shape index (κ1) is 15.7. The Hall–Kier alpha value is -1.71. The Morgan fingerprint density at radius 1 is 1.00 bits per heavy atom. The molecule has 3 nitrogen and oxygen atoms in total. The molecule has 3 heteroatoms. The third-order valence-electron chi connectivity index (χ3n) is 3.66. The van der Waals surface area contributed by atoms with Crippen molar-refractivity contribution in [1.29, 1.82) is 0 Å². The summed E-state index contributed by atoms with van der Waals surface area (Å²) in [6.45, 7) is 8.04. The van der Waals surface area contributed by atoms with Crippen LogP contribution in [0.25, 0.3) is 0 Å². The molecule has 21 heavy (non-hydrogen) atoms. The van der Waals surface area contributed by atoms with Crippen molar-refractivity contribution < 1.29 is 0 Å². The number of benzene rings is 1. The molecule has 0 saturated carbocycles. The van der Waals surface area contributed by atoms with Crippen molar-refractivity contribution in [2.45, 2.75) is 33.5 Å². The first-order chi connectivity index (χ1) is 10.2. The highest BCUT2D eigenvalue weighted by atomic mass is 15.1. The van der Waals surface area contributed by atoms with Crippen LogP contribution in [0.5, 0.6) is 0 Å². The summed E-state index contributed by atoms with van der Waals surface area (Å²) >= 11 is 0. The van der Waals surface area contributed by atoms with Crippen molar-refractivity contribution >= 4 is 0 Å². The Morgan fingerprint density at radius 2 is 1.76 bits per heavy atom. The summed E-state index contributed by atoms with van der Waals surface area (Å²) in [7, 11) is 1.99. The van der Waals surface area contributed by atoms with Gasteiger partial charge in [-0.05, 0) is 43.8 Å². The van der Waals surface area contributed by atoms with E-state index in [1.54, 1.807) is 0 Å². The summed E-state index contributed by atoms with van der Waals surface area (Å²) in [6.07, 6.45) is 0. The Bertz CT molecular complexity index is 566. The van der Waals surface area contributed by atoms with Gasteiger partial charge in [0.25, 0.3) is 0 Å². The fourth-order valence-corrected chi connectivity index (χ4v) is 2.51. The maximum absolute atomic E-state index is 4.61. The van der Waals surface area contributed by atoms with E-state index in [1.807, 2.05) is 20.0 Å². The molecule has 1 heterocycles.